The number of ether oxygens (including phenoxy) is 1. The molecule has 1 aromatic heterocycles. The van der Waals surface area contributed by atoms with E-state index in [1.807, 2.05) is 37.3 Å². The Morgan fingerprint density at radius 2 is 1.70 bits per heavy atom. The molecule has 1 heterocycles. The second-order valence-corrected chi connectivity index (χ2v) is 7.29. The summed E-state index contributed by atoms with van der Waals surface area (Å²) in [6.45, 7) is 6.90. The molecule has 1 amide bonds. The largest absolute Gasteiger partial charge is 0.449 e. The Bertz CT molecular complexity index is 1160. The molecule has 7 heteroatoms. The molecule has 0 aliphatic rings. The smallest absolute Gasteiger partial charge is 0.339 e. The van der Waals surface area contributed by atoms with Crippen LogP contribution in [-0.2, 0) is 16.6 Å². The molecule has 7 nitrogen and oxygen atoms in total. The van der Waals surface area contributed by atoms with Gasteiger partial charge in [0.2, 0.25) is 0 Å². The van der Waals surface area contributed by atoms with Crippen LogP contribution < -0.4 is 10.9 Å². The van der Waals surface area contributed by atoms with Crippen LogP contribution in [0.15, 0.2) is 53.3 Å². The number of para-hydroxylation sites is 1. The third kappa shape index (κ3) is 4.05. The van der Waals surface area contributed by atoms with Gasteiger partial charge in [-0.1, -0.05) is 35.9 Å². The minimum Gasteiger partial charge on any atom is -0.449 e. The molecule has 1 unspecified atom stereocenters. The van der Waals surface area contributed by atoms with Crippen molar-refractivity contribution in [3.05, 3.63) is 81.3 Å². The highest BCUT2D eigenvalue weighted by Crippen LogP contribution is 2.16. The maximum Gasteiger partial charge on any atom is 0.339 e. The summed E-state index contributed by atoms with van der Waals surface area (Å²) in [6, 6.07) is 14.6. The molecule has 1 N–H and O–H groups in total. The SMILES string of the molecule is Cc1ccc(C)c(C(=O)OC(C)C(=O)Nc2c(C)n(C)n(-c3ccccc3)c2=O)c1. The number of nitrogens with one attached hydrogen (secondary N) is 1. The van der Waals surface area contributed by atoms with Crippen molar-refractivity contribution in [2.45, 2.75) is 33.8 Å². The lowest BCUT2D eigenvalue weighted by Gasteiger charge is -2.14. The van der Waals surface area contributed by atoms with Gasteiger partial charge in [0.15, 0.2) is 6.10 Å². The number of carbonyl (C=O) groups is 2. The summed E-state index contributed by atoms with van der Waals surface area (Å²) in [5.41, 5.74) is 3.17. The normalized spacial score (nSPS) is 11.8. The van der Waals surface area contributed by atoms with Crippen molar-refractivity contribution >= 4 is 17.6 Å². The van der Waals surface area contributed by atoms with Gasteiger partial charge in [-0.3, -0.25) is 14.3 Å². The van der Waals surface area contributed by atoms with Crippen LogP contribution in [0.2, 0.25) is 0 Å². The van der Waals surface area contributed by atoms with Gasteiger partial charge in [0.25, 0.3) is 11.5 Å². The van der Waals surface area contributed by atoms with Gasteiger partial charge in [-0.25, -0.2) is 9.48 Å². The number of amides is 1. The van der Waals surface area contributed by atoms with Crippen LogP contribution in [0.3, 0.4) is 0 Å². The lowest BCUT2D eigenvalue weighted by molar-refractivity contribution is -0.123. The van der Waals surface area contributed by atoms with Crippen molar-refractivity contribution in [3.63, 3.8) is 0 Å². The first kappa shape index (κ1) is 21.1. The fourth-order valence-electron chi connectivity index (χ4n) is 3.17. The maximum atomic E-state index is 12.9. The molecular weight excluding hydrogens is 382 g/mol. The van der Waals surface area contributed by atoms with Crippen LogP contribution in [0.4, 0.5) is 5.69 Å². The number of carbonyl (C=O) groups excluding carboxylic acids is 2. The van der Waals surface area contributed by atoms with E-state index >= 15 is 0 Å². The predicted octanol–water partition coefficient (Wildman–Crippen LogP) is 3.29. The number of anilines is 1. The summed E-state index contributed by atoms with van der Waals surface area (Å²) in [6.07, 6.45) is -1.07. The van der Waals surface area contributed by atoms with Gasteiger partial charge in [-0.2, -0.15) is 0 Å². The minimum absolute atomic E-state index is 0.154. The Hall–Kier alpha value is -3.61. The van der Waals surface area contributed by atoms with Gasteiger partial charge in [-0.15, -0.1) is 0 Å². The highest BCUT2D eigenvalue weighted by molar-refractivity contribution is 5.98. The molecular formula is C23H25N3O4. The second kappa shape index (κ2) is 8.41. The Morgan fingerprint density at radius 3 is 2.37 bits per heavy atom. The van der Waals surface area contributed by atoms with Crippen LogP contribution in [0.25, 0.3) is 5.69 Å². The number of esters is 1. The monoisotopic (exact) mass is 407 g/mol. The van der Waals surface area contributed by atoms with E-state index in [1.165, 1.54) is 11.6 Å². The average Bonchev–Trinajstić information content (AvgIpc) is 2.93. The maximum absolute atomic E-state index is 12.9. The summed E-state index contributed by atoms with van der Waals surface area (Å²) < 4.78 is 8.48. The number of benzene rings is 2. The fraction of sp³-hybridized carbons (Fsp3) is 0.261. The van der Waals surface area contributed by atoms with Crippen molar-refractivity contribution in [2.75, 3.05) is 5.32 Å². The van der Waals surface area contributed by atoms with Crippen LogP contribution in [0, 0.1) is 20.8 Å². The quantitative estimate of drug-likeness (QED) is 0.658. The van der Waals surface area contributed by atoms with Crippen molar-refractivity contribution < 1.29 is 14.3 Å². The molecule has 1 atom stereocenters. The zero-order valence-corrected chi connectivity index (χ0v) is 17.7. The van der Waals surface area contributed by atoms with Crippen LogP contribution in [0.5, 0.6) is 0 Å². The van der Waals surface area contributed by atoms with E-state index in [-0.39, 0.29) is 11.2 Å². The average molecular weight is 407 g/mol. The molecule has 0 aliphatic heterocycles. The molecule has 0 aliphatic carbocycles. The molecule has 0 saturated heterocycles. The van der Waals surface area contributed by atoms with Gasteiger partial charge in [-0.05, 0) is 51.5 Å². The standard InChI is InChI=1S/C23H25N3O4/c1-14-11-12-15(2)19(13-14)23(29)30-17(4)21(27)24-20-16(3)25(5)26(22(20)28)18-9-7-6-8-10-18/h6-13,17H,1-5H3,(H,24,27). The molecule has 0 radical (unpaired) electrons. The highest BCUT2D eigenvalue weighted by atomic mass is 16.5. The van der Waals surface area contributed by atoms with Crippen LogP contribution in [-0.4, -0.2) is 27.3 Å². The van der Waals surface area contributed by atoms with Crippen LogP contribution >= 0.6 is 0 Å². The van der Waals surface area contributed by atoms with E-state index in [2.05, 4.69) is 5.32 Å². The first-order valence-corrected chi connectivity index (χ1v) is 9.63. The Morgan fingerprint density at radius 1 is 1.03 bits per heavy atom. The fourth-order valence-corrected chi connectivity index (χ4v) is 3.17. The lowest BCUT2D eigenvalue weighted by atomic mass is 10.1. The zero-order valence-electron chi connectivity index (χ0n) is 17.7. The summed E-state index contributed by atoms with van der Waals surface area (Å²) >= 11 is 0. The zero-order chi connectivity index (χ0) is 22.0. The molecule has 3 rings (SSSR count). The van der Waals surface area contributed by atoms with Gasteiger partial charge in [0.05, 0.1) is 16.9 Å². The third-order valence-electron chi connectivity index (χ3n) is 5.07. The first-order chi connectivity index (χ1) is 14.2. The van der Waals surface area contributed by atoms with Crippen molar-refractivity contribution in [3.8, 4) is 5.69 Å². The molecule has 0 fully saturated rings. The first-order valence-electron chi connectivity index (χ1n) is 9.63. The topological polar surface area (TPSA) is 82.3 Å². The number of hydrogen-bond acceptors (Lipinski definition) is 4. The molecule has 3 aromatic rings. The van der Waals surface area contributed by atoms with Crippen molar-refractivity contribution in [1.82, 2.24) is 9.36 Å². The van der Waals surface area contributed by atoms with Gasteiger partial charge >= 0.3 is 5.97 Å². The number of hydrogen-bond donors (Lipinski definition) is 1. The van der Waals surface area contributed by atoms with E-state index in [0.29, 0.717) is 16.9 Å². The van der Waals surface area contributed by atoms with E-state index in [9.17, 15) is 14.4 Å². The van der Waals surface area contributed by atoms with E-state index in [4.69, 9.17) is 4.74 Å². The summed E-state index contributed by atoms with van der Waals surface area (Å²) in [7, 11) is 1.74. The molecule has 0 saturated carbocycles. The van der Waals surface area contributed by atoms with Crippen molar-refractivity contribution in [2.24, 2.45) is 7.05 Å². The molecule has 156 valence electrons. The predicted molar refractivity (Wildman–Crippen MR) is 115 cm³/mol. The summed E-state index contributed by atoms with van der Waals surface area (Å²) in [5, 5.41) is 2.62. The van der Waals surface area contributed by atoms with E-state index in [0.717, 1.165) is 11.1 Å². The number of aromatic nitrogens is 2. The Labute approximate surface area is 174 Å². The van der Waals surface area contributed by atoms with E-state index < -0.39 is 18.0 Å². The molecule has 2 aromatic carbocycles. The number of aryl methyl sites for hydroxylation is 2. The van der Waals surface area contributed by atoms with Gasteiger partial charge in [0, 0.05) is 7.05 Å². The molecule has 30 heavy (non-hydrogen) atoms. The second-order valence-electron chi connectivity index (χ2n) is 7.29. The van der Waals surface area contributed by atoms with Gasteiger partial charge < -0.3 is 10.1 Å². The minimum atomic E-state index is -1.07. The lowest BCUT2D eigenvalue weighted by Crippen LogP contribution is -2.32. The van der Waals surface area contributed by atoms with E-state index in [1.54, 1.807) is 43.8 Å². The molecule has 0 spiro atoms. The van der Waals surface area contributed by atoms with Crippen molar-refractivity contribution in [1.29, 1.82) is 0 Å². The Kier molecular flexibility index (Phi) is 5.91. The number of nitrogens with zero attached hydrogens (tertiary/aromatic N) is 2. The van der Waals surface area contributed by atoms with Gasteiger partial charge in [0.1, 0.15) is 5.69 Å². The Balaban J connectivity index is 1.80. The summed E-state index contributed by atoms with van der Waals surface area (Å²) in [4.78, 5) is 38.1. The van der Waals surface area contributed by atoms with Crippen LogP contribution in [0.1, 0.15) is 34.1 Å². The molecule has 0 bridgehead atoms. The summed E-state index contributed by atoms with van der Waals surface area (Å²) in [5.74, 6) is -1.15. The highest BCUT2D eigenvalue weighted by Gasteiger charge is 2.24. The third-order valence-corrected chi connectivity index (χ3v) is 5.07. The number of rotatable bonds is 5.